The average molecular weight is 364 g/mol. The molecule has 0 atom stereocenters. The van der Waals surface area contributed by atoms with Crippen molar-refractivity contribution >= 4 is 29.4 Å². The van der Waals surface area contributed by atoms with E-state index < -0.39 is 0 Å². The van der Waals surface area contributed by atoms with Crippen LogP contribution in [0.1, 0.15) is 10.5 Å². The zero-order valence-electron chi connectivity index (χ0n) is 13.5. The number of carbonyl (C=O) groups is 1. The summed E-state index contributed by atoms with van der Waals surface area (Å²) in [5, 5.41) is 5.99. The quantitative estimate of drug-likeness (QED) is 0.719. The number of hydrogen-bond acceptors (Lipinski definition) is 8. The van der Waals surface area contributed by atoms with Gasteiger partial charge >= 0.3 is 0 Å². The minimum absolute atomic E-state index is 0.161. The van der Waals surface area contributed by atoms with E-state index in [2.05, 4.69) is 30.6 Å². The first-order valence-corrected chi connectivity index (χ1v) is 8.26. The largest absolute Gasteiger partial charge is 0.378 e. The Morgan fingerprint density at radius 1 is 1.20 bits per heavy atom. The molecule has 0 spiro atoms. The van der Waals surface area contributed by atoms with Gasteiger partial charge in [-0.2, -0.15) is 0 Å². The molecule has 9 nitrogen and oxygen atoms in total. The van der Waals surface area contributed by atoms with Crippen LogP contribution >= 0.6 is 11.6 Å². The summed E-state index contributed by atoms with van der Waals surface area (Å²) in [5.74, 6) is 0.637. The smallest absolute Gasteiger partial charge is 0.271 e. The topological polar surface area (TPSA) is 105 Å². The summed E-state index contributed by atoms with van der Waals surface area (Å²) in [6.07, 6.45) is 4.73. The van der Waals surface area contributed by atoms with E-state index in [1.807, 2.05) is 4.90 Å². The second kappa shape index (κ2) is 8.54. The van der Waals surface area contributed by atoms with Crippen LogP contribution in [0.15, 0.2) is 24.7 Å². The molecule has 2 aromatic rings. The summed E-state index contributed by atoms with van der Waals surface area (Å²) in [5.41, 5.74) is 0.161. The minimum Gasteiger partial charge on any atom is -0.378 e. The Morgan fingerprint density at radius 2 is 1.96 bits per heavy atom. The highest BCUT2D eigenvalue weighted by Gasteiger charge is 2.18. The summed E-state index contributed by atoms with van der Waals surface area (Å²) >= 11 is 6.07. The Hall–Kier alpha value is -2.52. The molecule has 10 heteroatoms. The fourth-order valence-corrected chi connectivity index (χ4v) is 2.43. The molecule has 0 saturated carbocycles. The summed E-state index contributed by atoms with van der Waals surface area (Å²) in [4.78, 5) is 30.9. The third-order valence-corrected chi connectivity index (χ3v) is 3.78. The Morgan fingerprint density at radius 3 is 2.72 bits per heavy atom. The molecule has 3 heterocycles. The number of aromatic nitrogens is 4. The summed E-state index contributed by atoms with van der Waals surface area (Å²) in [7, 11) is 0. The predicted octanol–water partition coefficient (Wildman–Crippen LogP) is 0.598. The number of anilines is 2. The van der Waals surface area contributed by atoms with E-state index in [0.717, 1.165) is 0 Å². The molecule has 1 aliphatic heterocycles. The molecular weight excluding hydrogens is 346 g/mol. The first kappa shape index (κ1) is 17.3. The van der Waals surface area contributed by atoms with Crippen molar-refractivity contribution in [2.45, 2.75) is 0 Å². The van der Waals surface area contributed by atoms with Crippen molar-refractivity contribution < 1.29 is 9.53 Å². The molecule has 25 heavy (non-hydrogen) atoms. The fourth-order valence-electron chi connectivity index (χ4n) is 2.26. The molecule has 132 valence electrons. The normalized spacial score (nSPS) is 14.2. The number of halogens is 1. The van der Waals surface area contributed by atoms with Crippen molar-refractivity contribution in [2.24, 2.45) is 0 Å². The van der Waals surface area contributed by atoms with Crippen molar-refractivity contribution in [3.63, 3.8) is 0 Å². The maximum Gasteiger partial charge on any atom is 0.271 e. The van der Waals surface area contributed by atoms with Gasteiger partial charge in [-0.15, -0.1) is 0 Å². The zero-order valence-corrected chi connectivity index (χ0v) is 14.2. The predicted molar refractivity (Wildman–Crippen MR) is 92.9 cm³/mol. The van der Waals surface area contributed by atoms with Crippen molar-refractivity contribution in [1.29, 1.82) is 0 Å². The van der Waals surface area contributed by atoms with Crippen LogP contribution in [0, 0.1) is 0 Å². The van der Waals surface area contributed by atoms with Crippen LogP contribution in [0.5, 0.6) is 0 Å². The number of hydrogen-bond donors (Lipinski definition) is 2. The molecule has 1 fully saturated rings. The molecule has 1 saturated heterocycles. The monoisotopic (exact) mass is 363 g/mol. The third-order valence-electron chi connectivity index (χ3n) is 3.50. The number of amides is 1. The molecular formula is C15H18ClN7O2. The Labute approximate surface area is 149 Å². The van der Waals surface area contributed by atoms with Gasteiger partial charge in [0.15, 0.2) is 5.69 Å². The van der Waals surface area contributed by atoms with Gasteiger partial charge in [-0.25, -0.2) is 19.9 Å². The van der Waals surface area contributed by atoms with Crippen molar-refractivity contribution in [3.05, 3.63) is 35.4 Å². The van der Waals surface area contributed by atoms with Gasteiger partial charge < -0.3 is 20.3 Å². The van der Waals surface area contributed by atoms with E-state index in [9.17, 15) is 4.79 Å². The van der Waals surface area contributed by atoms with Gasteiger partial charge in [-0.1, -0.05) is 11.6 Å². The van der Waals surface area contributed by atoms with E-state index in [4.69, 9.17) is 16.3 Å². The molecule has 0 aliphatic carbocycles. The SMILES string of the molecule is O=C(NCCNc1ncccn1)c1nc(N2CCOCC2)ncc1Cl. The lowest BCUT2D eigenvalue weighted by atomic mass is 10.3. The van der Waals surface area contributed by atoms with Crippen LogP contribution in [0.2, 0.25) is 5.02 Å². The molecule has 2 aromatic heterocycles. The molecule has 0 radical (unpaired) electrons. The molecule has 1 aliphatic rings. The lowest BCUT2D eigenvalue weighted by Gasteiger charge is -2.26. The van der Waals surface area contributed by atoms with Crippen molar-refractivity contribution in [3.8, 4) is 0 Å². The van der Waals surface area contributed by atoms with E-state index >= 15 is 0 Å². The van der Waals surface area contributed by atoms with Crippen LogP contribution in [0.25, 0.3) is 0 Å². The Balaban J connectivity index is 1.55. The highest BCUT2D eigenvalue weighted by atomic mass is 35.5. The van der Waals surface area contributed by atoms with Gasteiger partial charge in [0, 0.05) is 38.6 Å². The molecule has 0 unspecified atom stereocenters. The van der Waals surface area contributed by atoms with Gasteiger partial charge in [-0.05, 0) is 6.07 Å². The molecule has 1 amide bonds. The standard InChI is InChI=1S/C15H18ClN7O2/c16-11-10-21-15(23-6-8-25-9-7-23)22-12(11)13(24)17-4-5-20-14-18-2-1-3-19-14/h1-3,10H,4-9H2,(H,17,24)(H,18,19,20). The lowest BCUT2D eigenvalue weighted by Crippen LogP contribution is -2.38. The average Bonchev–Trinajstić information content (AvgIpc) is 2.67. The molecule has 0 bridgehead atoms. The number of carbonyl (C=O) groups excluding carboxylic acids is 1. The van der Waals surface area contributed by atoms with E-state index in [1.54, 1.807) is 18.5 Å². The fraction of sp³-hybridized carbons (Fsp3) is 0.400. The van der Waals surface area contributed by atoms with E-state index in [-0.39, 0.29) is 16.6 Å². The van der Waals surface area contributed by atoms with Crippen LogP contribution in [-0.4, -0.2) is 65.2 Å². The molecule has 0 aromatic carbocycles. The number of nitrogens with one attached hydrogen (secondary N) is 2. The number of morpholine rings is 1. The van der Waals surface area contributed by atoms with Crippen LogP contribution in [0.4, 0.5) is 11.9 Å². The second-order valence-electron chi connectivity index (χ2n) is 5.22. The summed E-state index contributed by atoms with van der Waals surface area (Å²) in [6.45, 7) is 3.45. The Kier molecular flexibility index (Phi) is 5.91. The minimum atomic E-state index is -0.349. The maximum absolute atomic E-state index is 12.3. The number of ether oxygens (including phenoxy) is 1. The maximum atomic E-state index is 12.3. The number of rotatable bonds is 6. The van der Waals surface area contributed by atoms with E-state index in [0.29, 0.717) is 51.3 Å². The number of nitrogens with zero attached hydrogens (tertiary/aromatic N) is 5. The van der Waals surface area contributed by atoms with Crippen molar-refractivity contribution in [2.75, 3.05) is 49.6 Å². The zero-order chi connectivity index (χ0) is 17.5. The van der Waals surface area contributed by atoms with Gasteiger partial charge in [0.1, 0.15) is 0 Å². The van der Waals surface area contributed by atoms with Crippen molar-refractivity contribution in [1.82, 2.24) is 25.3 Å². The van der Waals surface area contributed by atoms with Crippen LogP contribution < -0.4 is 15.5 Å². The molecule has 3 rings (SSSR count). The summed E-state index contributed by atoms with van der Waals surface area (Å²) < 4.78 is 5.30. The van der Waals surface area contributed by atoms with Crippen LogP contribution in [0.3, 0.4) is 0 Å². The molecule has 2 N–H and O–H groups in total. The lowest BCUT2D eigenvalue weighted by molar-refractivity contribution is 0.0950. The third kappa shape index (κ3) is 4.74. The van der Waals surface area contributed by atoms with Gasteiger partial charge in [0.05, 0.1) is 24.4 Å². The van der Waals surface area contributed by atoms with Gasteiger partial charge in [-0.3, -0.25) is 4.79 Å². The highest BCUT2D eigenvalue weighted by molar-refractivity contribution is 6.33. The van der Waals surface area contributed by atoms with Gasteiger partial charge in [0.2, 0.25) is 11.9 Å². The second-order valence-corrected chi connectivity index (χ2v) is 5.63. The Bertz CT molecular complexity index is 710. The first-order valence-electron chi connectivity index (χ1n) is 7.88. The van der Waals surface area contributed by atoms with Crippen LogP contribution in [-0.2, 0) is 4.74 Å². The van der Waals surface area contributed by atoms with Gasteiger partial charge in [0.25, 0.3) is 5.91 Å². The summed E-state index contributed by atoms with van der Waals surface area (Å²) in [6, 6.07) is 1.73. The first-order chi connectivity index (χ1) is 12.2. The van der Waals surface area contributed by atoms with E-state index in [1.165, 1.54) is 6.20 Å². The highest BCUT2D eigenvalue weighted by Crippen LogP contribution is 2.17.